The second-order valence-electron chi connectivity index (χ2n) is 7.87. The monoisotopic (exact) mass is 443 g/mol. The summed E-state index contributed by atoms with van der Waals surface area (Å²) in [6.07, 6.45) is 4.39. The minimum Gasteiger partial charge on any atom is -0.457 e. The van der Waals surface area contributed by atoms with Crippen LogP contribution in [0.5, 0.6) is 23.1 Å². The van der Waals surface area contributed by atoms with E-state index in [1.165, 1.54) is 6.08 Å². The number of pyridine rings is 1. The highest BCUT2D eigenvalue weighted by Crippen LogP contribution is 2.31. The van der Waals surface area contributed by atoms with Gasteiger partial charge in [-0.05, 0) is 60.9 Å². The van der Waals surface area contributed by atoms with Crippen LogP contribution in [0.2, 0.25) is 0 Å². The third kappa shape index (κ3) is 5.57. The first-order valence-electron chi connectivity index (χ1n) is 10.7. The maximum atomic E-state index is 12.1. The van der Waals surface area contributed by atoms with Crippen molar-refractivity contribution in [3.63, 3.8) is 0 Å². The summed E-state index contributed by atoms with van der Waals surface area (Å²) in [4.78, 5) is 30.2. The Balaban J connectivity index is 1.45. The molecule has 4 rings (SSSR count). The fourth-order valence-electron chi connectivity index (χ4n) is 3.79. The first kappa shape index (κ1) is 22.1. The molecule has 2 N–H and O–H groups in total. The molecule has 0 radical (unpaired) electrons. The number of anilines is 1. The Kier molecular flexibility index (Phi) is 6.69. The minimum atomic E-state index is -0.624. The van der Waals surface area contributed by atoms with Gasteiger partial charge in [-0.2, -0.15) is 0 Å². The van der Waals surface area contributed by atoms with Crippen molar-refractivity contribution in [2.75, 3.05) is 18.0 Å². The fourth-order valence-corrected chi connectivity index (χ4v) is 3.79. The largest absolute Gasteiger partial charge is 0.457 e. The quantitative estimate of drug-likeness (QED) is 0.480. The van der Waals surface area contributed by atoms with Gasteiger partial charge in [-0.15, -0.1) is 0 Å². The number of hydrogen-bond donors (Lipinski definition) is 1. The molecule has 33 heavy (non-hydrogen) atoms. The number of para-hydroxylation sites is 1. The van der Waals surface area contributed by atoms with Gasteiger partial charge in [-0.1, -0.05) is 24.8 Å². The maximum Gasteiger partial charge on any atom is 0.254 e. The summed E-state index contributed by atoms with van der Waals surface area (Å²) in [5.74, 6) is 1.70. The third-order valence-corrected chi connectivity index (χ3v) is 5.49. The van der Waals surface area contributed by atoms with Crippen LogP contribution in [0.25, 0.3) is 0 Å². The van der Waals surface area contributed by atoms with E-state index < -0.39 is 5.91 Å². The highest BCUT2D eigenvalue weighted by atomic mass is 16.5. The Morgan fingerprint density at radius 2 is 1.73 bits per heavy atom. The zero-order valence-corrected chi connectivity index (χ0v) is 18.1. The van der Waals surface area contributed by atoms with Gasteiger partial charge in [0.25, 0.3) is 5.91 Å². The molecular formula is C26H25N3O4. The summed E-state index contributed by atoms with van der Waals surface area (Å²) in [7, 11) is 0. The number of ether oxygens (including phenoxy) is 2. The van der Waals surface area contributed by atoms with Crippen LogP contribution >= 0.6 is 0 Å². The number of primary amides is 1. The van der Waals surface area contributed by atoms with E-state index in [2.05, 4.69) is 16.5 Å². The third-order valence-electron chi connectivity index (χ3n) is 5.49. The average molecular weight is 444 g/mol. The van der Waals surface area contributed by atoms with Gasteiger partial charge in [0.2, 0.25) is 5.88 Å². The molecule has 1 amide bonds. The van der Waals surface area contributed by atoms with Gasteiger partial charge in [0.05, 0.1) is 11.9 Å². The Morgan fingerprint density at radius 3 is 2.39 bits per heavy atom. The molecule has 1 unspecified atom stereocenters. The van der Waals surface area contributed by atoms with Gasteiger partial charge in [-0.3, -0.25) is 9.59 Å². The van der Waals surface area contributed by atoms with E-state index in [1.807, 2.05) is 30.3 Å². The van der Waals surface area contributed by atoms with Crippen molar-refractivity contribution < 1.29 is 19.1 Å². The first-order valence-corrected chi connectivity index (χ1v) is 10.7. The number of nitrogens with two attached hydrogens (primary N) is 1. The number of hydrogen-bond acceptors (Lipinski definition) is 6. The molecule has 0 saturated carbocycles. The van der Waals surface area contributed by atoms with Crippen LogP contribution in [-0.2, 0) is 4.79 Å². The van der Waals surface area contributed by atoms with Crippen LogP contribution < -0.4 is 20.1 Å². The summed E-state index contributed by atoms with van der Waals surface area (Å²) < 4.78 is 11.6. The lowest BCUT2D eigenvalue weighted by Gasteiger charge is -2.19. The molecule has 2 aromatic carbocycles. The number of rotatable bonds is 9. The molecule has 1 aliphatic rings. The van der Waals surface area contributed by atoms with Crippen molar-refractivity contribution in [1.82, 2.24) is 4.98 Å². The van der Waals surface area contributed by atoms with Crippen molar-refractivity contribution in [2.24, 2.45) is 11.7 Å². The first-order chi connectivity index (χ1) is 16.0. The number of aromatic nitrogens is 1. The second-order valence-corrected chi connectivity index (χ2v) is 7.87. The number of nitrogens with zero attached hydrogens (tertiary/aromatic N) is 2. The molecule has 2 heterocycles. The molecule has 1 atom stereocenters. The molecule has 0 spiro atoms. The SMILES string of the molecule is C=CC(=O)CC1CCN(c2cnc(Oc3ccc(Oc4ccccc4)cc3)c(C(N)=O)c2)C1. The summed E-state index contributed by atoms with van der Waals surface area (Å²) >= 11 is 0. The molecule has 7 heteroatoms. The highest BCUT2D eigenvalue weighted by Gasteiger charge is 2.25. The maximum absolute atomic E-state index is 12.1. The van der Waals surface area contributed by atoms with Crippen molar-refractivity contribution in [3.8, 4) is 23.1 Å². The molecule has 7 nitrogen and oxygen atoms in total. The average Bonchev–Trinajstić information content (AvgIpc) is 3.29. The normalized spacial score (nSPS) is 15.2. The van der Waals surface area contributed by atoms with E-state index >= 15 is 0 Å². The Morgan fingerprint density at radius 1 is 1.06 bits per heavy atom. The summed E-state index contributed by atoms with van der Waals surface area (Å²) in [6.45, 7) is 5.02. The van der Waals surface area contributed by atoms with Crippen LogP contribution in [-0.4, -0.2) is 29.8 Å². The fraction of sp³-hybridized carbons (Fsp3) is 0.192. The predicted octanol–water partition coefficient (Wildman–Crippen LogP) is 4.74. The Labute approximate surface area is 192 Å². The molecule has 1 aromatic heterocycles. The zero-order valence-electron chi connectivity index (χ0n) is 18.1. The number of carbonyl (C=O) groups excluding carboxylic acids is 2. The molecule has 1 saturated heterocycles. The summed E-state index contributed by atoms with van der Waals surface area (Å²) in [5.41, 5.74) is 6.58. The van der Waals surface area contributed by atoms with Crippen LogP contribution in [0.3, 0.4) is 0 Å². The Hall–Kier alpha value is -4.13. The van der Waals surface area contributed by atoms with Gasteiger partial charge >= 0.3 is 0 Å². The van der Waals surface area contributed by atoms with E-state index in [4.69, 9.17) is 15.2 Å². The standard InChI is InChI=1S/C26H25N3O4/c1-2-20(30)14-18-12-13-29(17-18)19-15-24(25(27)31)26(28-16-19)33-23-10-8-22(9-11-23)32-21-6-4-3-5-7-21/h2-11,15-16,18H,1,12-14,17H2,(H2,27,31). The van der Waals surface area contributed by atoms with Crippen LogP contribution in [0.1, 0.15) is 23.2 Å². The zero-order chi connectivity index (χ0) is 23.2. The topological polar surface area (TPSA) is 94.8 Å². The smallest absolute Gasteiger partial charge is 0.254 e. The molecule has 168 valence electrons. The van der Waals surface area contributed by atoms with Gasteiger partial charge < -0.3 is 20.1 Å². The second kappa shape index (κ2) is 9.99. The van der Waals surface area contributed by atoms with E-state index in [9.17, 15) is 9.59 Å². The van der Waals surface area contributed by atoms with Crippen molar-refractivity contribution in [3.05, 3.63) is 85.1 Å². The molecule has 0 bridgehead atoms. The lowest BCUT2D eigenvalue weighted by atomic mass is 10.0. The number of amides is 1. The van der Waals surface area contributed by atoms with Crippen LogP contribution in [0, 0.1) is 5.92 Å². The summed E-state index contributed by atoms with van der Waals surface area (Å²) in [5, 5.41) is 0. The van der Waals surface area contributed by atoms with Crippen LogP contribution in [0.15, 0.2) is 79.5 Å². The molecule has 0 aliphatic carbocycles. The minimum absolute atomic E-state index is 0.0433. The molecule has 1 aliphatic heterocycles. The van der Waals surface area contributed by atoms with E-state index in [-0.39, 0.29) is 23.1 Å². The van der Waals surface area contributed by atoms with Gasteiger partial charge in [0.15, 0.2) is 5.78 Å². The van der Waals surface area contributed by atoms with Gasteiger partial charge in [0.1, 0.15) is 22.8 Å². The van der Waals surface area contributed by atoms with E-state index in [1.54, 1.807) is 36.5 Å². The summed E-state index contributed by atoms with van der Waals surface area (Å²) in [6, 6.07) is 18.2. The van der Waals surface area contributed by atoms with E-state index in [0.29, 0.717) is 24.5 Å². The van der Waals surface area contributed by atoms with Crippen molar-refractivity contribution in [1.29, 1.82) is 0 Å². The lowest BCUT2D eigenvalue weighted by Crippen LogP contribution is -2.22. The molecule has 3 aromatic rings. The predicted molar refractivity (Wildman–Crippen MR) is 126 cm³/mol. The highest BCUT2D eigenvalue weighted by molar-refractivity contribution is 5.96. The molecule has 1 fully saturated rings. The number of ketones is 1. The van der Waals surface area contributed by atoms with Gasteiger partial charge in [-0.25, -0.2) is 4.98 Å². The number of benzene rings is 2. The van der Waals surface area contributed by atoms with Crippen LogP contribution in [0.4, 0.5) is 5.69 Å². The Bertz CT molecular complexity index is 1150. The van der Waals surface area contributed by atoms with Crippen molar-refractivity contribution >= 4 is 17.4 Å². The van der Waals surface area contributed by atoms with E-state index in [0.717, 1.165) is 24.4 Å². The van der Waals surface area contributed by atoms with Crippen molar-refractivity contribution in [2.45, 2.75) is 12.8 Å². The lowest BCUT2D eigenvalue weighted by molar-refractivity contribution is -0.115. The van der Waals surface area contributed by atoms with Gasteiger partial charge in [0, 0.05) is 19.5 Å². The molecular weight excluding hydrogens is 418 g/mol. The number of carbonyl (C=O) groups is 2. The number of allylic oxidation sites excluding steroid dienone is 1.